The van der Waals surface area contributed by atoms with Gasteiger partial charge in [-0.15, -0.1) is 38.7 Å². The third-order valence-corrected chi connectivity index (χ3v) is 5.12. The SMILES string of the molecule is CC1=[C-]C(C)(C)C(C)=C1C.CC1=[C-]C(C)(C)C(C)=C1C.Cl.Cl.[H-].[K+].[Nd]. The maximum absolute atomic E-state index is 3.44. The summed E-state index contributed by atoms with van der Waals surface area (Å²) in [5.41, 5.74) is 8.79. The molecule has 0 saturated carbocycles. The van der Waals surface area contributed by atoms with Crippen LogP contribution in [0.5, 0.6) is 0 Å². The van der Waals surface area contributed by atoms with Crippen molar-refractivity contribution in [1.29, 1.82) is 0 Å². The zero-order chi connectivity index (χ0) is 15.9. The fourth-order valence-corrected chi connectivity index (χ4v) is 2.81. The van der Waals surface area contributed by atoms with E-state index in [0.29, 0.717) is 0 Å². The van der Waals surface area contributed by atoms with Gasteiger partial charge in [-0.25, -0.2) is 11.1 Å². The molecular weight excluding hydrogens is 494 g/mol. The molecule has 0 radical (unpaired) electrons. The van der Waals surface area contributed by atoms with E-state index in [1.165, 1.54) is 33.4 Å². The smallest absolute Gasteiger partial charge is 1.00 e. The minimum atomic E-state index is 0. The molecule has 2 aliphatic rings. The number of hydrogen-bond donors (Lipinski definition) is 0. The van der Waals surface area contributed by atoms with Crippen molar-refractivity contribution in [2.75, 3.05) is 0 Å². The molecule has 0 unspecified atom stereocenters. The van der Waals surface area contributed by atoms with Gasteiger partial charge in [-0.2, -0.15) is 22.3 Å². The van der Waals surface area contributed by atoms with E-state index in [4.69, 9.17) is 0 Å². The summed E-state index contributed by atoms with van der Waals surface area (Å²) >= 11 is 0. The summed E-state index contributed by atoms with van der Waals surface area (Å²) in [6.45, 7) is 21.8. The molecule has 134 valence electrons. The van der Waals surface area contributed by atoms with Crippen molar-refractivity contribution in [3.8, 4) is 0 Å². The second kappa shape index (κ2) is 12.9. The average Bonchev–Trinajstić information content (AvgIpc) is 2.60. The molecule has 0 nitrogen and oxygen atoms in total. The predicted molar refractivity (Wildman–Crippen MR) is 105 cm³/mol. The Hall–Kier alpha value is 2.53. The predicted octanol–water partition coefficient (Wildman–Crippen LogP) is 4.18. The summed E-state index contributed by atoms with van der Waals surface area (Å²) < 4.78 is 0. The Morgan fingerprint density at radius 3 is 0.875 bits per heavy atom. The molecule has 0 aliphatic heterocycles. The minimum Gasteiger partial charge on any atom is -1.00 e. The third kappa shape index (κ3) is 8.27. The quantitative estimate of drug-likeness (QED) is 0.328. The first-order valence-corrected chi connectivity index (χ1v) is 7.50. The van der Waals surface area contributed by atoms with Crippen molar-refractivity contribution in [1.82, 2.24) is 0 Å². The maximum Gasteiger partial charge on any atom is 1.00 e. The van der Waals surface area contributed by atoms with Gasteiger partial charge in [0.25, 0.3) is 0 Å². The van der Waals surface area contributed by atoms with Crippen LogP contribution in [0.3, 0.4) is 0 Å². The first-order valence-electron chi connectivity index (χ1n) is 7.50. The number of allylic oxidation sites excluding steroid dienone is 8. The second-order valence-corrected chi connectivity index (χ2v) is 7.25. The van der Waals surface area contributed by atoms with E-state index in [9.17, 15) is 0 Å². The van der Waals surface area contributed by atoms with Crippen LogP contribution in [-0.2, 0) is 0 Å². The Bertz CT molecular complexity index is 506. The molecule has 2 aliphatic carbocycles. The van der Waals surface area contributed by atoms with Crippen molar-refractivity contribution in [3.63, 3.8) is 0 Å². The van der Waals surface area contributed by atoms with E-state index >= 15 is 0 Å². The minimum absolute atomic E-state index is 0. The first kappa shape index (κ1) is 34.1. The van der Waals surface area contributed by atoms with Gasteiger partial charge in [0.2, 0.25) is 0 Å². The van der Waals surface area contributed by atoms with Crippen molar-refractivity contribution in [3.05, 3.63) is 45.6 Å². The van der Waals surface area contributed by atoms with Crippen LogP contribution < -0.4 is 51.4 Å². The molecule has 0 fully saturated rings. The van der Waals surface area contributed by atoms with Crippen LogP contribution in [0.1, 0.15) is 70.7 Å². The Morgan fingerprint density at radius 2 is 0.833 bits per heavy atom. The summed E-state index contributed by atoms with van der Waals surface area (Å²) in [6, 6.07) is 0. The first-order chi connectivity index (χ1) is 8.90. The number of halogens is 2. The summed E-state index contributed by atoms with van der Waals surface area (Å²) in [4.78, 5) is 0. The Kier molecular flexibility index (Phi) is 18.3. The second-order valence-electron chi connectivity index (χ2n) is 7.25. The molecule has 0 atom stereocenters. The molecular formula is C20H33Cl2KNd-2. The molecule has 24 heavy (non-hydrogen) atoms. The topological polar surface area (TPSA) is 0 Å². The monoisotopic (exact) mass is 524 g/mol. The van der Waals surface area contributed by atoms with Crippen molar-refractivity contribution in [2.45, 2.75) is 69.2 Å². The van der Waals surface area contributed by atoms with Gasteiger partial charge in [-0.3, -0.25) is 12.2 Å². The van der Waals surface area contributed by atoms with Gasteiger partial charge in [-0.05, 0) is 0 Å². The van der Waals surface area contributed by atoms with E-state index in [2.05, 4.69) is 81.4 Å². The number of rotatable bonds is 0. The van der Waals surface area contributed by atoms with Crippen molar-refractivity contribution < 1.29 is 93.6 Å². The molecule has 0 spiro atoms. The van der Waals surface area contributed by atoms with Crippen LogP contribution in [0.15, 0.2) is 33.4 Å². The van der Waals surface area contributed by atoms with Crippen LogP contribution in [0.2, 0.25) is 0 Å². The van der Waals surface area contributed by atoms with Crippen molar-refractivity contribution >= 4 is 24.8 Å². The fraction of sp³-hybridized carbons (Fsp3) is 0.600. The molecule has 2 rings (SSSR count). The standard InChI is InChI=1S/2C10H15.2ClH.K.Nd.H/c2*1-7-6-10(4,5)9(3)8(7)2;;;;;/h2*1-5H3;2*1H;;;/q2*-1;;;+1;;-1. The average molecular weight is 528 g/mol. The third-order valence-electron chi connectivity index (χ3n) is 5.12. The fourth-order valence-electron chi connectivity index (χ4n) is 2.81. The van der Waals surface area contributed by atoms with Crippen LogP contribution in [-0.4, -0.2) is 0 Å². The normalized spacial score (nSPS) is 19.6. The molecule has 0 aromatic rings. The van der Waals surface area contributed by atoms with Gasteiger partial charge in [0.05, 0.1) is 0 Å². The summed E-state index contributed by atoms with van der Waals surface area (Å²) in [5, 5.41) is 0. The van der Waals surface area contributed by atoms with Crippen LogP contribution in [0, 0.1) is 63.8 Å². The molecule has 4 heteroatoms. The molecule has 0 aromatic carbocycles. The molecule has 0 bridgehead atoms. The van der Waals surface area contributed by atoms with Gasteiger partial charge in [0, 0.05) is 40.8 Å². The Morgan fingerprint density at radius 1 is 0.625 bits per heavy atom. The van der Waals surface area contributed by atoms with Gasteiger partial charge in [0.1, 0.15) is 0 Å². The van der Waals surface area contributed by atoms with E-state index in [-0.39, 0.29) is 129 Å². The molecule has 0 amide bonds. The molecule has 0 heterocycles. The van der Waals surface area contributed by atoms with E-state index in [1.54, 1.807) is 0 Å². The van der Waals surface area contributed by atoms with Gasteiger partial charge >= 0.3 is 51.4 Å². The zero-order valence-electron chi connectivity index (χ0n) is 18.3. The van der Waals surface area contributed by atoms with E-state index in [1.807, 2.05) is 0 Å². The zero-order valence-corrected chi connectivity index (χ0v) is 25.3. The van der Waals surface area contributed by atoms with Gasteiger partial charge < -0.3 is 1.43 Å². The van der Waals surface area contributed by atoms with Crippen LogP contribution in [0.4, 0.5) is 0 Å². The Labute approximate surface area is 240 Å². The molecule has 0 saturated heterocycles. The van der Waals surface area contributed by atoms with Gasteiger partial charge in [0.15, 0.2) is 0 Å². The summed E-state index contributed by atoms with van der Waals surface area (Å²) in [7, 11) is 0. The molecule has 0 N–H and O–H groups in total. The summed E-state index contributed by atoms with van der Waals surface area (Å²) in [6.07, 6.45) is 6.87. The van der Waals surface area contributed by atoms with E-state index in [0.717, 1.165) is 0 Å². The van der Waals surface area contributed by atoms with Crippen molar-refractivity contribution in [2.24, 2.45) is 10.8 Å². The van der Waals surface area contributed by atoms with Crippen LogP contribution in [0.25, 0.3) is 0 Å². The summed E-state index contributed by atoms with van der Waals surface area (Å²) in [5.74, 6) is 0. The largest absolute Gasteiger partial charge is 1.00 e. The van der Waals surface area contributed by atoms with Crippen LogP contribution >= 0.6 is 24.8 Å². The number of hydrogen-bond acceptors (Lipinski definition) is 0. The Balaban J connectivity index is -0.0000000889. The maximum atomic E-state index is 3.44. The molecule has 0 aromatic heterocycles. The van der Waals surface area contributed by atoms with Gasteiger partial charge in [-0.1, -0.05) is 66.2 Å². The van der Waals surface area contributed by atoms with E-state index < -0.39 is 0 Å².